The molecule has 0 spiro atoms. The first-order chi connectivity index (χ1) is 20.2. The zero-order valence-electron chi connectivity index (χ0n) is 26.1. The Labute approximate surface area is 254 Å². The lowest BCUT2D eigenvalue weighted by Crippen LogP contribution is -2.55. The number of carbonyl (C=O) groups excluding carboxylic acids is 4. The van der Waals surface area contributed by atoms with E-state index in [0.29, 0.717) is 18.7 Å². The second-order valence-electron chi connectivity index (χ2n) is 12.7. The van der Waals surface area contributed by atoms with Gasteiger partial charge in [0.2, 0.25) is 5.91 Å². The van der Waals surface area contributed by atoms with Crippen LogP contribution in [0.4, 0.5) is 10.5 Å². The first-order valence-corrected chi connectivity index (χ1v) is 14.8. The monoisotopic (exact) mass is 594 g/mol. The molecule has 1 aliphatic rings. The fraction of sp³-hybridized carbons (Fsp3) is 0.515. The summed E-state index contributed by atoms with van der Waals surface area (Å²) in [6.45, 7) is 11.8. The van der Waals surface area contributed by atoms with Gasteiger partial charge >= 0.3 is 6.09 Å². The maximum atomic E-state index is 13.4. The van der Waals surface area contributed by atoms with Crippen molar-refractivity contribution in [1.82, 2.24) is 15.5 Å². The summed E-state index contributed by atoms with van der Waals surface area (Å²) in [5, 5.41) is 17.2. The molecule has 0 aromatic heterocycles. The number of hydrogen-bond donors (Lipinski definition) is 3. The van der Waals surface area contributed by atoms with Crippen molar-refractivity contribution < 1.29 is 29.0 Å². The van der Waals surface area contributed by atoms with Crippen LogP contribution in [0, 0.1) is 11.3 Å². The number of benzene rings is 2. The lowest BCUT2D eigenvalue weighted by atomic mass is 9.83. The van der Waals surface area contributed by atoms with Gasteiger partial charge in [0.15, 0.2) is 11.9 Å². The quantitative estimate of drug-likeness (QED) is 0.307. The molecule has 43 heavy (non-hydrogen) atoms. The van der Waals surface area contributed by atoms with Crippen LogP contribution < -0.4 is 15.5 Å². The molecule has 234 valence electrons. The topological polar surface area (TPSA) is 128 Å². The van der Waals surface area contributed by atoms with E-state index in [0.717, 1.165) is 5.56 Å². The predicted octanol–water partition coefficient (Wildman–Crippen LogP) is 3.18. The molecule has 2 aromatic carbocycles. The maximum Gasteiger partial charge on any atom is 0.415 e. The van der Waals surface area contributed by atoms with Gasteiger partial charge in [-0.3, -0.25) is 24.2 Å². The number of Topliss-reactive ketones (excluding diaryl/α,β-unsaturated/α-hetero) is 1. The summed E-state index contributed by atoms with van der Waals surface area (Å²) in [6, 6.07) is 17.0. The van der Waals surface area contributed by atoms with Gasteiger partial charge in [-0.05, 0) is 35.4 Å². The van der Waals surface area contributed by atoms with Crippen LogP contribution in [0.1, 0.15) is 47.1 Å². The van der Waals surface area contributed by atoms with Gasteiger partial charge in [0, 0.05) is 25.7 Å². The number of nitrogens with zero attached hydrogens (tertiary/aromatic N) is 2. The third kappa shape index (κ3) is 10.2. The predicted molar refractivity (Wildman–Crippen MR) is 165 cm³/mol. The fourth-order valence-corrected chi connectivity index (χ4v) is 5.25. The van der Waals surface area contributed by atoms with E-state index in [1.807, 2.05) is 75.9 Å². The first kappa shape index (κ1) is 33.7. The summed E-state index contributed by atoms with van der Waals surface area (Å²) in [4.78, 5) is 54.5. The SMILES string of the molecule is CC(=O)N[C@H](C(=O)CN(CC(C)C)C[C@H](O)[C@H](Cc1ccccc1)NC(=O)[C@@H]1CN(c2ccccc2)C(=O)O1)C(C)(C)C. The van der Waals surface area contributed by atoms with Crippen molar-refractivity contribution in [2.75, 3.05) is 31.1 Å². The van der Waals surface area contributed by atoms with Crippen LogP contribution in [-0.4, -0.2) is 84.2 Å². The average Bonchev–Trinajstić information content (AvgIpc) is 3.33. The van der Waals surface area contributed by atoms with E-state index in [4.69, 9.17) is 4.74 Å². The Bertz CT molecular complexity index is 1230. The van der Waals surface area contributed by atoms with Gasteiger partial charge in [0.25, 0.3) is 5.91 Å². The molecule has 2 aromatic rings. The van der Waals surface area contributed by atoms with E-state index in [-0.39, 0.29) is 37.2 Å². The molecule has 3 rings (SSSR count). The molecule has 1 heterocycles. The maximum absolute atomic E-state index is 13.4. The first-order valence-electron chi connectivity index (χ1n) is 14.8. The Balaban J connectivity index is 1.77. The highest BCUT2D eigenvalue weighted by Gasteiger charge is 2.39. The van der Waals surface area contributed by atoms with Gasteiger partial charge in [-0.2, -0.15) is 0 Å². The molecular formula is C33H46N4O6. The minimum atomic E-state index is -1.05. The van der Waals surface area contributed by atoms with E-state index in [1.165, 1.54) is 11.8 Å². The highest BCUT2D eigenvalue weighted by molar-refractivity contribution is 5.95. The molecule has 1 fully saturated rings. The summed E-state index contributed by atoms with van der Waals surface area (Å²) < 4.78 is 5.40. The second kappa shape index (κ2) is 15.1. The minimum Gasteiger partial charge on any atom is -0.434 e. The zero-order valence-corrected chi connectivity index (χ0v) is 26.1. The summed E-state index contributed by atoms with van der Waals surface area (Å²) in [6.07, 6.45) is -2.37. The number of hydrogen-bond acceptors (Lipinski definition) is 7. The molecule has 0 radical (unpaired) electrons. The van der Waals surface area contributed by atoms with Crippen molar-refractivity contribution >= 4 is 29.4 Å². The Kier molecular flexibility index (Phi) is 11.9. The van der Waals surface area contributed by atoms with Gasteiger partial charge in [-0.15, -0.1) is 0 Å². The van der Waals surface area contributed by atoms with Gasteiger partial charge < -0.3 is 20.5 Å². The van der Waals surface area contributed by atoms with Gasteiger partial charge in [-0.25, -0.2) is 4.79 Å². The third-order valence-corrected chi connectivity index (χ3v) is 7.25. The van der Waals surface area contributed by atoms with Crippen LogP contribution in [0.3, 0.4) is 0 Å². The molecule has 1 aliphatic heterocycles. The van der Waals surface area contributed by atoms with Gasteiger partial charge in [0.05, 0.1) is 31.3 Å². The number of carbonyl (C=O) groups is 4. The Hall–Kier alpha value is -3.76. The van der Waals surface area contributed by atoms with Crippen molar-refractivity contribution in [3.63, 3.8) is 0 Å². The van der Waals surface area contributed by atoms with Crippen molar-refractivity contribution in [2.45, 2.75) is 72.3 Å². The molecule has 10 heteroatoms. The normalized spacial score (nSPS) is 17.4. The number of aliphatic hydroxyl groups is 1. The standard InChI is InChI=1S/C33H46N4O6/c1-22(2)18-36(20-28(40)30(33(4,5)6)34-23(3)38)19-27(39)26(17-24-13-9-7-10-14-24)35-31(41)29-21-37(32(42)43-29)25-15-11-8-12-16-25/h7-16,22,26-27,29-30,39H,17-21H2,1-6H3,(H,34,38)(H,35,41)/t26-,27-,29-,30+/m0/s1. The highest BCUT2D eigenvalue weighted by Crippen LogP contribution is 2.23. The number of nitrogens with one attached hydrogen (secondary N) is 2. The number of rotatable bonds is 14. The Morgan fingerprint density at radius 1 is 1.00 bits per heavy atom. The average molecular weight is 595 g/mol. The van der Waals surface area contributed by atoms with Crippen molar-refractivity contribution in [1.29, 1.82) is 0 Å². The van der Waals surface area contributed by atoms with E-state index >= 15 is 0 Å². The molecule has 0 bridgehead atoms. The molecule has 0 saturated carbocycles. The molecule has 3 amide bonds. The largest absolute Gasteiger partial charge is 0.434 e. The Morgan fingerprint density at radius 3 is 2.16 bits per heavy atom. The zero-order chi connectivity index (χ0) is 31.7. The van der Waals surface area contributed by atoms with Crippen molar-refractivity contribution in [3.8, 4) is 0 Å². The van der Waals surface area contributed by atoms with E-state index < -0.39 is 41.7 Å². The molecule has 3 N–H and O–H groups in total. The van der Waals surface area contributed by atoms with Gasteiger partial charge in [0.1, 0.15) is 0 Å². The molecule has 10 nitrogen and oxygen atoms in total. The third-order valence-electron chi connectivity index (χ3n) is 7.25. The molecule has 1 saturated heterocycles. The smallest absolute Gasteiger partial charge is 0.415 e. The van der Waals surface area contributed by atoms with Gasteiger partial charge in [-0.1, -0.05) is 83.1 Å². The fourth-order valence-electron chi connectivity index (χ4n) is 5.25. The summed E-state index contributed by atoms with van der Waals surface area (Å²) in [7, 11) is 0. The Morgan fingerprint density at radius 2 is 1.60 bits per heavy atom. The lowest BCUT2D eigenvalue weighted by Gasteiger charge is -2.34. The van der Waals surface area contributed by atoms with Crippen LogP contribution in [0.5, 0.6) is 0 Å². The van der Waals surface area contributed by atoms with E-state index in [1.54, 1.807) is 24.3 Å². The molecule has 0 unspecified atom stereocenters. The minimum absolute atomic E-state index is 0.0235. The summed E-state index contributed by atoms with van der Waals surface area (Å²) >= 11 is 0. The number of ether oxygens (including phenoxy) is 1. The van der Waals surface area contributed by atoms with Crippen LogP contribution in [0.25, 0.3) is 0 Å². The molecular weight excluding hydrogens is 548 g/mol. The number of para-hydroxylation sites is 1. The van der Waals surface area contributed by atoms with Crippen LogP contribution in [0.2, 0.25) is 0 Å². The second-order valence-corrected chi connectivity index (χ2v) is 12.7. The van der Waals surface area contributed by atoms with Crippen molar-refractivity contribution in [3.05, 3.63) is 66.2 Å². The number of cyclic esters (lactones) is 1. The van der Waals surface area contributed by atoms with E-state index in [2.05, 4.69) is 10.6 Å². The highest BCUT2D eigenvalue weighted by atomic mass is 16.6. The lowest BCUT2D eigenvalue weighted by molar-refractivity contribution is -0.131. The number of anilines is 1. The molecule has 0 aliphatic carbocycles. The number of ketones is 1. The van der Waals surface area contributed by atoms with Crippen molar-refractivity contribution in [2.24, 2.45) is 11.3 Å². The van der Waals surface area contributed by atoms with Crippen LogP contribution >= 0.6 is 0 Å². The van der Waals surface area contributed by atoms with Crippen LogP contribution in [-0.2, 0) is 25.5 Å². The van der Waals surface area contributed by atoms with Crippen LogP contribution in [0.15, 0.2) is 60.7 Å². The number of aliphatic hydroxyl groups excluding tert-OH is 1. The van der Waals surface area contributed by atoms with E-state index in [9.17, 15) is 24.3 Å². The number of amides is 3. The molecule has 4 atom stereocenters. The summed E-state index contributed by atoms with van der Waals surface area (Å²) in [5.74, 6) is -0.750. The summed E-state index contributed by atoms with van der Waals surface area (Å²) in [5.41, 5.74) is 1.04.